The number of rotatable bonds is 9. The van der Waals surface area contributed by atoms with Gasteiger partial charge in [-0.15, -0.1) is 0 Å². The van der Waals surface area contributed by atoms with Crippen molar-refractivity contribution in [2.24, 2.45) is 0 Å². The molecule has 5 heteroatoms. The maximum atomic E-state index is 5.80. The van der Waals surface area contributed by atoms with Crippen LogP contribution < -0.4 is 9.47 Å². The third-order valence-electron chi connectivity index (χ3n) is 5.32. The maximum Gasteiger partial charge on any atom is 0.129 e. The normalized spacial score (nSPS) is 12.9. The molecule has 0 bridgehead atoms. The van der Waals surface area contributed by atoms with Crippen molar-refractivity contribution in [2.45, 2.75) is 6.42 Å². The maximum absolute atomic E-state index is 5.80. The van der Waals surface area contributed by atoms with E-state index >= 15 is 0 Å². The summed E-state index contributed by atoms with van der Waals surface area (Å²) in [7, 11) is 5.73. The van der Waals surface area contributed by atoms with Gasteiger partial charge in [-0.25, -0.2) is 0 Å². The molecule has 0 radical (unpaired) electrons. The smallest absolute Gasteiger partial charge is 0.129 e. The lowest BCUT2D eigenvalue weighted by Crippen LogP contribution is -2.19. The highest BCUT2D eigenvalue weighted by molar-refractivity contribution is 5.75. The van der Waals surface area contributed by atoms with Crippen molar-refractivity contribution in [3.8, 4) is 11.5 Å². The highest BCUT2D eigenvalue weighted by atomic mass is 16.5. The lowest BCUT2D eigenvalue weighted by Gasteiger charge is -2.12. The van der Waals surface area contributed by atoms with Crippen LogP contribution in [0.4, 0.5) is 0 Å². The minimum Gasteiger partial charge on any atom is -0.496 e. The van der Waals surface area contributed by atoms with Gasteiger partial charge in [-0.05, 0) is 73.6 Å². The van der Waals surface area contributed by atoms with Gasteiger partial charge in [0, 0.05) is 18.2 Å². The molecule has 2 aromatic carbocycles. The lowest BCUT2D eigenvalue weighted by molar-refractivity contribution is 0.260. The third kappa shape index (κ3) is 5.56. The second-order valence-electron chi connectivity index (χ2n) is 8.04. The number of benzene rings is 2. The van der Waals surface area contributed by atoms with E-state index in [1.807, 2.05) is 56.6 Å². The fourth-order valence-corrected chi connectivity index (χ4v) is 3.53. The zero-order valence-electron chi connectivity index (χ0n) is 18.8. The van der Waals surface area contributed by atoms with Crippen molar-refractivity contribution < 1.29 is 9.47 Å². The molecular formula is C27H29N3O2. The van der Waals surface area contributed by atoms with Gasteiger partial charge < -0.3 is 14.4 Å². The van der Waals surface area contributed by atoms with Gasteiger partial charge in [0.1, 0.15) is 18.1 Å². The number of nitrogens with zero attached hydrogens (tertiary/aromatic N) is 2. The van der Waals surface area contributed by atoms with Crippen molar-refractivity contribution >= 4 is 30.4 Å². The van der Waals surface area contributed by atoms with Crippen LogP contribution in [0, 0.1) is 0 Å². The molecule has 1 aliphatic rings. The minimum atomic E-state index is 0.637. The average Bonchev–Trinajstić information content (AvgIpc) is 3.45. The highest BCUT2D eigenvalue weighted by Crippen LogP contribution is 2.26. The lowest BCUT2D eigenvalue weighted by atomic mass is 10.1. The van der Waals surface area contributed by atoms with Crippen molar-refractivity contribution in [1.29, 1.82) is 0 Å². The predicted octanol–water partition coefficient (Wildman–Crippen LogP) is 5.27. The quantitative estimate of drug-likeness (QED) is 0.506. The molecule has 0 saturated heterocycles. The zero-order chi connectivity index (χ0) is 22.3. The van der Waals surface area contributed by atoms with Gasteiger partial charge in [-0.2, -0.15) is 5.10 Å². The molecule has 1 aliphatic carbocycles. The number of allylic oxidation sites excluding steroid dienone is 1. The summed E-state index contributed by atoms with van der Waals surface area (Å²) in [6.45, 7) is 1.50. The van der Waals surface area contributed by atoms with Gasteiger partial charge in [-0.1, -0.05) is 36.4 Å². The first-order valence-electron chi connectivity index (χ1n) is 10.8. The van der Waals surface area contributed by atoms with Crippen molar-refractivity contribution in [1.82, 2.24) is 15.1 Å². The predicted molar refractivity (Wildman–Crippen MR) is 133 cm³/mol. The van der Waals surface area contributed by atoms with E-state index in [1.165, 1.54) is 16.7 Å². The Morgan fingerprint density at radius 2 is 1.94 bits per heavy atom. The zero-order valence-corrected chi connectivity index (χ0v) is 18.8. The molecule has 4 rings (SSSR count). The Bertz CT molecular complexity index is 1160. The summed E-state index contributed by atoms with van der Waals surface area (Å²) in [6, 6.07) is 14.4. The summed E-state index contributed by atoms with van der Waals surface area (Å²) >= 11 is 0. The van der Waals surface area contributed by atoms with Crippen molar-refractivity contribution in [2.75, 3.05) is 34.4 Å². The van der Waals surface area contributed by atoms with Crippen LogP contribution >= 0.6 is 0 Å². The molecule has 0 fully saturated rings. The molecule has 0 atom stereocenters. The SMILES string of the molecule is COc1cc(OCCN(C)C)ccc1/C=C/c1cc(/C=C/c2ccc3c(c2)CC=C3)n[nH]1. The molecule has 1 heterocycles. The first-order valence-corrected chi connectivity index (χ1v) is 10.8. The van der Waals surface area contributed by atoms with Crippen LogP contribution in [-0.2, 0) is 6.42 Å². The molecule has 0 aliphatic heterocycles. The number of hydrogen-bond donors (Lipinski definition) is 1. The number of H-pyrrole nitrogens is 1. The standard InChI is InChI=1S/C27H29N3O2/c1-30(2)15-16-32-26-14-11-22(27(19-26)31-3)10-13-25-18-24(28-29-25)12-8-20-7-9-21-5-4-6-23(21)17-20/h4-5,7-14,17-19H,6,15-16H2,1-3H3,(H,28,29)/b12-8+,13-10+. The number of methoxy groups -OCH3 is 1. The molecular weight excluding hydrogens is 398 g/mol. The van der Waals surface area contributed by atoms with Crippen molar-refractivity contribution in [3.05, 3.63) is 82.2 Å². The summed E-state index contributed by atoms with van der Waals surface area (Å²) in [5, 5.41) is 7.46. The van der Waals surface area contributed by atoms with Crippen LogP contribution in [0.3, 0.4) is 0 Å². The Morgan fingerprint density at radius 3 is 2.78 bits per heavy atom. The molecule has 164 valence electrons. The first kappa shape index (κ1) is 21.7. The molecule has 1 N–H and O–H groups in total. The summed E-state index contributed by atoms with van der Waals surface area (Å²) in [6.07, 6.45) is 13.5. The van der Waals surface area contributed by atoms with Gasteiger partial charge >= 0.3 is 0 Å². The van der Waals surface area contributed by atoms with Gasteiger partial charge in [-0.3, -0.25) is 5.10 Å². The summed E-state index contributed by atoms with van der Waals surface area (Å²) in [4.78, 5) is 2.09. The van der Waals surface area contributed by atoms with Crippen LogP contribution in [0.15, 0.2) is 48.5 Å². The summed E-state index contributed by atoms with van der Waals surface area (Å²) in [5.74, 6) is 1.58. The van der Waals surface area contributed by atoms with Gasteiger partial charge in [0.05, 0.1) is 18.5 Å². The van der Waals surface area contributed by atoms with E-state index in [9.17, 15) is 0 Å². The molecule has 32 heavy (non-hydrogen) atoms. The second kappa shape index (κ2) is 10.2. The minimum absolute atomic E-state index is 0.637. The average molecular weight is 428 g/mol. The number of fused-ring (bicyclic) bond motifs is 1. The van der Waals surface area contributed by atoms with E-state index in [4.69, 9.17) is 9.47 Å². The highest BCUT2D eigenvalue weighted by Gasteiger charge is 2.05. The molecule has 0 amide bonds. The number of aromatic amines is 1. The first-order chi connectivity index (χ1) is 15.6. The van der Waals surface area contributed by atoms with E-state index in [2.05, 4.69) is 51.5 Å². The Labute approximate surface area is 189 Å². The van der Waals surface area contributed by atoms with Crippen LogP contribution in [-0.4, -0.2) is 49.5 Å². The second-order valence-corrected chi connectivity index (χ2v) is 8.04. The van der Waals surface area contributed by atoms with E-state index in [0.29, 0.717) is 6.61 Å². The Morgan fingerprint density at radius 1 is 1.03 bits per heavy atom. The van der Waals surface area contributed by atoms with Crippen LogP contribution in [0.5, 0.6) is 11.5 Å². The van der Waals surface area contributed by atoms with E-state index in [1.54, 1.807) is 7.11 Å². The monoisotopic (exact) mass is 427 g/mol. The molecule has 0 saturated carbocycles. The summed E-state index contributed by atoms with van der Waals surface area (Å²) < 4.78 is 11.3. The number of ether oxygens (including phenoxy) is 2. The van der Waals surface area contributed by atoms with Gasteiger partial charge in [0.2, 0.25) is 0 Å². The third-order valence-corrected chi connectivity index (χ3v) is 5.32. The Kier molecular flexibility index (Phi) is 6.87. The molecule has 5 nitrogen and oxygen atoms in total. The van der Waals surface area contributed by atoms with E-state index < -0.39 is 0 Å². The van der Waals surface area contributed by atoms with Crippen molar-refractivity contribution in [3.63, 3.8) is 0 Å². The van der Waals surface area contributed by atoms with Crippen LogP contribution in [0.25, 0.3) is 30.4 Å². The number of nitrogens with one attached hydrogen (secondary N) is 1. The van der Waals surface area contributed by atoms with Crippen LogP contribution in [0.2, 0.25) is 0 Å². The molecule has 0 unspecified atom stereocenters. The topological polar surface area (TPSA) is 50.4 Å². The number of likely N-dealkylation sites (N-methyl/N-ethyl adjacent to an activating group) is 1. The molecule has 1 aromatic heterocycles. The van der Waals surface area contributed by atoms with E-state index in [0.717, 1.165) is 41.4 Å². The number of aromatic nitrogens is 2. The van der Waals surface area contributed by atoms with E-state index in [-0.39, 0.29) is 0 Å². The molecule has 3 aromatic rings. The van der Waals surface area contributed by atoms with Crippen LogP contribution in [0.1, 0.15) is 33.6 Å². The Hall–Kier alpha value is -3.57. The molecule has 0 spiro atoms. The summed E-state index contributed by atoms with van der Waals surface area (Å²) in [5.41, 5.74) is 6.67. The fourth-order valence-electron chi connectivity index (χ4n) is 3.53. The number of hydrogen-bond acceptors (Lipinski definition) is 4. The van der Waals surface area contributed by atoms with Gasteiger partial charge in [0.15, 0.2) is 0 Å². The largest absolute Gasteiger partial charge is 0.496 e. The Balaban J connectivity index is 1.40. The fraction of sp³-hybridized carbons (Fsp3) is 0.222. The van der Waals surface area contributed by atoms with Gasteiger partial charge in [0.25, 0.3) is 0 Å².